The van der Waals surface area contributed by atoms with Gasteiger partial charge in [-0.2, -0.15) is 0 Å². The molecule has 1 fully saturated rings. The molecule has 1 aliphatic rings. The fourth-order valence-electron chi connectivity index (χ4n) is 2.87. The number of aromatic nitrogens is 2. The molecule has 0 aromatic carbocycles. The largest absolute Gasteiger partial charge is 0.466 e. The van der Waals surface area contributed by atoms with E-state index in [1.807, 2.05) is 30.9 Å². The molecule has 1 aliphatic carbocycles. The molecule has 5 nitrogen and oxygen atoms in total. The van der Waals surface area contributed by atoms with Crippen LogP contribution >= 0.6 is 0 Å². The van der Waals surface area contributed by atoms with Gasteiger partial charge < -0.3 is 14.6 Å². The Morgan fingerprint density at radius 3 is 3.10 bits per heavy atom. The van der Waals surface area contributed by atoms with Crippen molar-refractivity contribution in [3.05, 3.63) is 18.2 Å². The topological polar surface area (TPSA) is 56.1 Å². The minimum Gasteiger partial charge on any atom is -0.466 e. The number of aryl methyl sites for hydroxylation is 1. The molecule has 1 saturated carbocycles. The normalized spacial score (nSPS) is 22.7. The van der Waals surface area contributed by atoms with Crippen LogP contribution < -0.4 is 5.32 Å². The van der Waals surface area contributed by atoms with Crippen molar-refractivity contribution in [3.63, 3.8) is 0 Å². The molecular formula is C15H25N3O2. The molecule has 0 amide bonds. The van der Waals surface area contributed by atoms with E-state index in [0.29, 0.717) is 12.6 Å². The quantitative estimate of drug-likeness (QED) is 0.805. The number of rotatable bonds is 6. The van der Waals surface area contributed by atoms with E-state index in [4.69, 9.17) is 4.74 Å². The third-order valence-corrected chi connectivity index (χ3v) is 4.00. The average molecular weight is 279 g/mol. The Balaban J connectivity index is 1.73. The Morgan fingerprint density at radius 2 is 2.40 bits per heavy atom. The summed E-state index contributed by atoms with van der Waals surface area (Å²) in [4.78, 5) is 16.1. The van der Waals surface area contributed by atoms with E-state index in [0.717, 1.165) is 44.5 Å². The Kier molecular flexibility index (Phi) is 5.59. The zero-order valence-electron chi connectivity index (χ0n) is 12.5. The van der Waals surface area contributed by atoms with Gasteiger partial charge >= 0.3 is 5.97 Å². The second kappa shape index (κ2) is 7.43. The number of ether oxygens (including phenoxy) is 1. The molecule has 2 atom stereocenters. The van der Waals surface area contributed by atoms with Crippen LogP contribution in [0.15, 0.2) is 12.4 Å². The molecule has 112 valence electrons. The van der Waals surface area contributed by atoms with Crippen LogP contribution in [-0.2, 0) is 23.0 Å². The van der Waals surface area contributed by atoms with E-state index in [-0.39, 0.29) is 11.9 Å². The van der Waals surface area contributed by atoms with Crippen LogP contribution in [0, 0.1) is 5.92 Å². The molecule has 5 heteroatoms. The molecule has 0 aliphatic heterocycles. The lowest BCUT2D eigenvalue weighted by atomic mass is 9.85. The molecule has 20 heavy (non-hydrogen) atoms. The van der Waals surface area contributed by atoms with Gasteiger partial charge in [0, 0.05) is 38.4 Å². The SMILES string of the molecule is CCOC(=O)C1CCCC(NCCc2nccn2C)C1. The van der Waals surface area contributed by atoms with Gasteiger partial charge in [0.25, 0.3) is 0 Å². The van der Waals surface area contributed by atoms with E-state index >= 15 is 0 Å². The number of nitrogens with zero attached hydrogens (tertiary/aromatic N) is 2. The predicted octanol–water partition coefficient (Wildman–Crippen LogP) is 1.67. The fourth-order valence-corrected chi connectivity index (χ4v) is 2.87. The van der Waals surface area contributed by atoms with Crippen molar-refractivity contribution in [3.8, 4) is 0 Å². The van der Waals surface area contributed by atoms with Crippen LogP contribution in [0.25, 0.3) is 0 Å². The van der Waals surface area contributed by atoms with Crippen LogP contribution in [0.1, 0.15) is 38.4 Å². The zero-order valence-corrected chi connectivity index (χ0v) is 12.5. The third kappa shape index (κ3) is 4.07. The van der Waals surface area contributed by atoms with Gasteiger partial charge in [0.15, 0.2) is 0 Å². The van der Waals surface area contributed by atoms with Gasteiger partial charge in [0.05, 0.1) is 12.5 Å². The maximum absolute atomic E-state index is 11.8. The molecule has 1 heterocycles. The highest BCUT2D eigenvalue weighted by atomic mass is 16.5. The van der Waals surface area contributed by atoms with Crippen molar-refractivity contribution in [1.29, 1.82) is 0 Å². The average Bonchev–Trinajstić information content (AvgIpc) is 2.85. The maximum atomic E-state index is 11.8. The number of imidazole rings is 1. The van der Waals surface area contributed by atoms with Crippen molar-refractivity contribution in [2.75, 3.05) is 13.2 Å². The predicted molar refractivity (Wildman–Crippen MR) is 77.3 cm³/mol. The first kappa shape index (κ1) is 15.0. The molecule has 1 N–H and O–H groups in total. The van der Waals surface area contributed by atoms with Gasteiger partial charge in [-0.3, -0.25) is 4.79 Å². The highest BCUT2D eigenvalue weighted by molar-refractivity contribution is 5.72. The Morgan fingerprint density at radius 1 is 1.55 bits per heavy atom. The van der Waals surface area contributed by atoms with Crippen molar-refractivity contribution >= 4 is 5.97 Å². The van der Waals surface area contributed by atoms with Crippen molar-refractivity contribution in [2.24, 2.45) is 13.0 Å². The summed E-state index contributed by atoms with van der Waals surface area (Å²) in [5.74, 6) is 1.15. The van der Waals surface area contributed by atoms with Gasteiger partial charge in [0.2, 0.25) is 0 Å². The van der Waals surface area contributed by atoms with Crippen molar-refractivity contribution in [2.45, 2.75) is 45.1 Å². The van der Waals surface area contributed by atoms with E-state index in [2.05, 4.69) is 10.3 Å². The van der Waals surface area contributed by atoms with Crippen molar-refractivity contribution in [1.82, 2.24) is 14.9 Å². The Bertz CT molecular complexity index is 431. The number of carbonyl (C=O) groups is 1. The Labute approximate surface area is 120 Å². The highest BCUT2D eigenvalue weighted by Gasteiger charge is 2.27. The van der Waals surface area contributed by atoms with Gasteiger partial charge in [-0.1, -0.05) is 6.42 Å². The summed E-state index contributed by atoms with van der Waals surface area (Å²) in [7, 11) is 2.01. The van der Waals surface area contributed by atoms with Crippen LogP contribution in [0.2, 0.25) is 0 Å². The molecule has 0 bridgehead atoms. The highest BCUT2D eigenvalue weighted by Crippen LogP contribution is 2.25. The number of hydrogen-bond donors (Lipinski definition) is 1. The lowest BCUT2D eigenvalue weighted by Gasteiger charge is -2.28. The summed E-state index contributed by atoms with van der Waals surface area (Å²) in [6, 6.07) is 0.429. The second-order valence-electron chi connectivity index (χ2n) is 5.47. The molecule has 1 aromatic heterocycles. The summed E-state index contributed by atoms with van der Waals surface area (Å²) in [5.41, 5.74) is 0. The zero-order chi connectivity index (χ0) is 14.4. The summed E-state index contributed by atoms with van der Waals surface area (Å²) >= 11 is 0. The lowest BCUT2D eigenvalue weighted by molar-refractivity contribution is -0.149. The minimum absolute atomic E-state index is 0.0249. The summed E-state index contributed by atoms with van der Waals surface area (Å²) in [6.07, 6.45) is 8.83. The van der Waals surface area contributed by atoms with E-state index in [1.54, 1.807) is 0 Å². The lowest BCUT2D eigenvalue weighted by Crippen LogP contribution is -2.38. The minimum atomic E-state index is -0.0249. The second-order valence-corrected chi connectivity index (χ2v) is 5.47. The first-order valence-electron chi connectivity index (χ1n) is 7.57. The smallest absolute Gasteiger partial charge is 0.308 e. The van der Waals surface area contributed by atoms with Gasteiger partial charge in [0.1, 0.15) is 5.82 Å². The molecule has 1 aromatic rings. The van der Waals surface area contributed by atoms with Gasteiger partial charge in [-0.05, 0) is 26.2 Å². The molecule has 0 saturated heterocycles. The van der Waals surface area contributed by atoms with Crippen LogP contribution in [0.3, 0.4) is 0 Å². The number of nitrogens with one attached hydrogen (secondary N) is 1. The van der Waals surface area contributed by atoms with Crippen molar-refractivity contribution < 1.29 is 9.53 Å². The van der Waals surface area contributed by atoms with Crippen LogP contribution in [0.4, 0.5) is 0 Å². The van der Waals surface area contributed by atoms with Gasteiger partial charge in [-0.15, -0.1) is 0 Å². The molecule has 0 spiro atoms. The Hall–Kier alpha value is -1.36. The standard InChI is InChI=1S/C15H25N3O2/c1-3-20-15(19)12-5-4-6-13(11-12)16-8-7-14-17-9-10-18(14)2/h9-10,12-13,16H,3-8,11H2,1-2H3. The van der Waals surface area contributed by atoms with Crippen LogP contribution in [0.5, 0.6) is 0 Å². The number of esters is 1. The molecular weight excluding hydrogens is 254 g/mol. The van der Waals surface area contributed by atoms with E-state index < -0.39 is 0 Å². The summed E-state index contributed by atoms with van der Waals surface area (Å²) in [5, 5.41) is 3.55. The third-order valence-electron chi connectivity index (χ3n) is 4.00. The van der Waals surface area contributed by atoms with E-state index in [1.165, 1.54) is 0 Å². The van der Waals surface area contributed by atoms with E-state index in [9.17, 15) is 4.79 Å². The molecule has 2 rings (SSSR count). The van der Waals surface area contributed by atoms with Gasteiger partial charge in [-0.25, -0.2) is 4.98 Å². The maximum Gasteiger partial charge on any atom is 0.308 e. The number of hydrogen-bond acceptors (Lipinski definition) is 4. The molecule has 2 unspecified atom stereocenters. The first-order chi connectivity index (χ1) is 9.70. The first-order valence-corrected chi connectivity index (χ1v) is 7.57. The summed E-state index contributed by atoms with van der Waals surface area (Å²) in [6.45, 7) is 3.25. The number of carbonyl (C=O) groups excluding carboxylic acids is 1. The fraction of sp³-hybridized carbons (Fsp3) is 0.733. The molecule has 0 radical (unpaired) electrons. The van der Waals surface area contributed by atoms with Crippen LogP contribution in [-0.4, -0.2) is 34.7 Å². The monoisotopic (exact) mass is 279 g/mol. The summed E-state index contributed by atoms with van der Waals surface area (Å²) < 4.78 is 7.17.